The standard InChI is InChI=1S/C20H17N3O3/c24-11-13-9-22-19(10-21-13)23-20(25)26-12-18-16-7-3-1-5-14(16)15-6-2-4-8-17(15)18/h1-10,18,24H,11-12H2,(H,22,23,25). The number of rotatable bonds is 4. The predicted octanol–water partition coefficient (Wildman–Crippen LogP) is 3.33. The van der Waals surface area contributed by atoms with Gasteiger partial charge in [0.15, 0.2) is 5.82 Å². The first-order valence-corrected chi connectivity index (χ1v) is 8.30. The third kappa shape index (κ3) is 3.02. The summed E-state index contributed by atoms with van der Waals surface area (Å²) in [6.45, 7) is 0.0419. The first-order chi connectivity index (χ1) is 12.8. The molecule has 6 nitrogen and oxygen atoms in total. The number of carbonyl (C=O) groups excluding carboxylic acids is 1. The van der Waals surface area contributed by atoms with Crippen LogP contribution in [0.2, 0.25) is 0 Å². The molecule has 0 saturated carbocycles. The van der Waals surface area contributed by atoms with Gasteiger partial charge >= 0.3 is 6.09 Å². The van der Waals surface area contributed by atoms with E-state index in [1.165, 1.54) is 23.5 Å². The summed E-state index contributed by atoms with van der Waals surface area (Å²) >= 11 is 0. The molecule has 2 aromatic carbocycles. The van der Waals surface area contributed by atoms with E-state index in [1.807, 2.05) is 24.3 Å². The minimum atomic E-state index is -0.585. The SMILES string of the molecule is O=C(Nc1cnc(CO)cn1)OCC1c2ccccc2-c2ccccc21. The molecule has 0 spiro atoms. The lowest BCUT2D eigenvalue weighted by molar-refractivity contribution is 0.158. The number of benzene rings is 2. The van der Waals surface area contributed by atoms with E-state index in [1.54, 1.807) is 0 Å². The Kier molecular flexibility index (Phi) is 4.33. The quantitative estimate of drug-likeness (QED) is 0.756. The number of carbonyl (C=O) groups is 1. The molecule has 1 aliphatic rings. The van der Waals surface area contributed by atoms with Gasteiger partial charge in [-0.3, -0.25) is 10.3 Å². The van der Waals surface area contributed by atoms with Crippen LogP contribution in [0.1, 0.15) is 22.7 Å². The zero-order valence-corrected chi connectivity index (χ0v) is 13.9. The van der Waals surface area contributed by atoms with Crippen LogP contribution in [-0.4, -0.2) is 27.8 Å². The summed E-state index contributed by atoms with van der Waals surface area (Å²) in [4.78, 5) is 20.1. The second kappa shape index (κ2) is 6.93. The third-order valence-electron chi connectivity index (χ3n) is 4.44. The van der Waals surface area contributed by atoms with Crippen molar-refractivity contribution in [3.8, 4) is 11.1 Å². The highest BCUT2D eigenvalue weighted by atomic mass is 16.5. The molecular formula is C20H17N3O3. The normalized spacial score (nSPS) is 12.3. The zero-order valence-electron chi connectivity index (χ0n) is 13.9. The van der Waals surface area contributed by atoms with Crippen LogP contribution in [-0.2, 0) is 11.3 Å². The van der Waals surface area contributed by atoms with Crippen molar-refractivity contribution >= 4 is 11.9 Å². The minimum Gasteiger partial charge on any atom is -0.448 e. The van der Waals surface area contributed by atoms with Gasteiger partial charge in [0.2, 0.25) is 0 Å². The minimum absolute atomic E-state index is 0.0102. The predicted molar refractivity (Wildman–Crippen MR) is 96.6 cm³/mol. The van der Waals surface area contributed by atoms with Crippen molar-refractivity contribution in [1.29, 1.82) is 0 Å². The van der Waals surface area contributed by atoms with Crippen molar-refractivity contribution in [3.05, 3.63) is 77.7 Å². The van der Waals surface area contributed by atoms with Crippen molar-refractivity contribution in [3.63, 3.8) is 0 Å². The topological polar surface area (TPSA) is 84.3 Å². The monoisotopic (exact) mass is 347 g/mol. The molecule has 1 aliphatic carbocycles. The van der Waals surface area contributed by atoms with Crippen LogP contribution in [0.4, 0.5) is 10.6 Å². The smallest absolute Gasteiger partial charge is 0.412 e. The number of aliphatic hydroxyl groups is 1. The van der Waals surface area contributed by atoms with Crippen LogP contribution in [0, 0.1) is 0 Å². The van der Waals surface area contributed by atoms with Crippen LogP contribution in [0.25, 0.3) is 11.1 Å². The molecule has 0 saturated heterocycles. The molecule has 0 fully saturated rings. The van der Waals surface area contributed by atoms with Crippen LogP contribution in [0.5, 0.6) is 0 Å². The molecule has 26 heavy (non-hydrogen) atoms. The van der Waals surface area contributed by atoms with Gasteiger partial charge < -0.3 is 9.84 Å². The highest BCUT2D eigenvalue weighted by Crippen LogP contribution is 2.44. The number of aliphatic hydroxyl groups excluding tert-OH is 1. The molecule has 0 radical (unpaired) electrons. The fourth-order valence-electron chi connectivity index (χ4n) is 3.24. The molecule has 1 aromatic heterocycles. The van der Waals surface area contributed by atoms with E-state index in [0.29, 0.717) is 5.69 Å². The molecular weight excluding hydrogens is 330 g/mol. The second-order valence-corrected chi connectivity index (χ2v) is 6.00. The summed E-state index contributed by atoms with van der Waals surface area (Å²) < 4.78 is 5.43. The molecule has 3 aromatic rings. The van der Waals surface area contributed by atoms with Crippen molar-refractivity contribution in [2.24, 2.45) is 0 Å². The van der Waals surface area contributed by atoms with Crippen molar-refractivity contribution in [2.75, 3.05) is 11.9 Å². The first-order valence-electron chi connectivity index (χ1n) is 8.30. The summed E-state index contributed by atoms with van der Waals surface area (Å²) in [6.07, 6.45) is 2.20. The average molecular weight is 347 g/mol. The summed E-state index contributed by atoms with van der Waals surface area (Å²) in [5, 5.41) is 11.5. The molecule has 0 aliphatic heterocycles. The largest absolute Gasteiger partial charge is 0.448 e. The van der Waals surface area contributed by atoms with Crippen LogP contribution >= 0.6 is 0 Å². The van der Waals surface area contributed by atoms with Crippen LogP contribution < -0.4 is 5.32 Å². The molecule has 0 unspecified atom stereocenters. The number of amides is 1. The van der Waals surface area contributed by atoms with E-state index in [4.69, 9.17) is 9.84 Å². The maximum atomic E-state index is 12.1. The Morgan fingerprint density at radius 2 is 1.65 bits per heavy atom. The molecule has 4 rings (SSSR count). The second-order valence-electron chi connectivity index (χ2n) is 6.00. The Bertz CT molecular complexity index is 896. The Morgan fingerprint density at radius 3 is 2.23 bits per heavy atom. The van der Waals surface area contributed by atoms with Gasteiger partial charge in [0, 0.05) is 5.92 Å². The van der Waals surface area contributed by atoms with E-state index in [9.17, 15) is 4.79 Å². The van der Waals surface area contributed by atoms with Gasteiger partial charge in [-0.05, 0) is 22.3 Å². The molecule has 130 valence electrons. The lowest BCUT2D eigenvalue weighted by Gasteiger charge is -2.14. The molecule has 0 bridgehead atoms. The van der Waals surface area contributed by atoms with Gasteiger partial charge in [-0.15, -0.1) is 0 Å². The van der Waals surface area contributed by atoms with Crippen LogP contribution in [0.3, 0.4) is 0 Å². The van der Waals surface area contributed by atoms with E-state index < -0.39 is 6.09 Å². The maximum Gasteiger partial charge on any atom is 0.412 e. The summed E-state index contributed by atoms with van der Waals surface area (Å²) in [5.41, 5.74) is 5.12. The average Bonchev–Trinajstić information content (AvgIpc) is 3.01. The number of hydrogen-bond donors (Lipinski definition) is 2. The highest BCUT2D eigenvalue weighted by molar-refractivity contribution is 5.83. The van der Waals surface area contributed by atoms with Gasteiger partial charge in [0.25, 0.3) is 0 Å². The number of ether oxygens (including phenoxy) is 1. The molecule has 0 atom stereocenters. The maximum absolute atomic E-state index is 12.1. The van der Waals surface area contributed by atoms with Crippen LogP contribution in [0.15, 0.2) is 60.9 Å². The number of anilines is 1. The Morgan fingerprint density at radius 1 is 1.00 bits per heavy atom. The summed E-state index contributed by atoms with van der Waals surface area (Å²) in [5.74, 6) is 0.287. The van der Waals surface area contributed by atoms with Gasteiger partial charge in [0.05, 0.1) is 24.7 Å². The van der Waals surface area contributed by atoms with Gasteiger partial charge in [-0.1, -0.05) is 48.5 Å². The van der Waals surface area contributed by atoms with Gasteiger partial charge in [-0.2, -0.15) is 0 Å². The fourth-order valence-corrected chi connectivity index (χ4v) is 3.24. The van der Waals surface area contributed by atoms with Crippen molar-refractivity contribution in [1.82, 2.24) is 9.97 Å². The number of hydrogen-bond acceptors (Lipinski definition) is 5. The molecule has 2 N–H and O–H groups in total. The molecule has 1 heterocycles. The van der Waals surface area contributed by atoms with Crippen molar-refractivity contribution < 1.29 is 14.6 Å². The number of fused-ring (bicyclic) bond motifs is 3. The van der Waals surface area contributed by atoms with E-state index in [0.717, 1.165) is 11.1 Å². The molecule has 1 amide bonds. The number of nitrogens with one attached hydrogen (secondary N) is 1. The van der Waals surface area contributed by atoms with E-state index >= 15 is 0 Å². The third-order valence-corrected chi connectivity index (χ3v) is 4.44. The Labute approximate surface area is 150 Å². The van der Waals surface area contributed by atoms with Gasteiger partial charge in [-0.25, -0.2) is 9.78 Å². The zero-order chi connectivity index (χ0) is 17.9. The number of nitrogens with zero attached hydrogens (tertiary/aromatic N) is 2. The first kappa shape index (κ1) is 16.2. The number of aromatic nitrogens is 2. The van der Waals surface area contributed by atoms with E-state index in [2.05, 4.69) is 39.6 Å². The van der Waals surface area contributed by atoms with Gasteiger partial charge in [0.1, 0.15) is 6.61 Å². The lowest BCUT2D eigenvalue weighted by Crippen LogP contribution is -2.18. The summed E-state index contributed by atoms with van der Waals surface area (Å²) in [6, 6.07) is 16.3. The van der Waals surface area contributed by atoms with Crippen molar-refractivity contribution in [2.45, 2.75) is 12.5 Å². The Hall–Kier alpha value is -3.25. The lowest BCUT2D eigenvalue weighted by atomic mass is 9.98. The van der Waals surface area contributed by atoms with E-state index in [-0.39, 0.29) is 24.9 Å². The molecule has 6 heteroatoms. The summed E-state index contributed by atoms with van der Waals surface area (Å²) in [7, 11) is 0. The fraction of sp³-hybridized carbons (Fsp3) is 0.150. The highest BCUT2D eigenvalue weighted by Gasteiger charge is 2.28. The Balaban J connectivity index is 1.46.